The summed E-state index contributed by atoms with van der Waals surface area (Å²) >= 11 is 0. The summed E-state index contributed by atoms with van der Waals surface area (Å²) in [7, 11) is 0. The third kappa shape index (κ3) is 1.93. The van der Waals surface area contributed by atoms with Crippen LogP contribution in [0.15, 0.2) is 54.1 Å². The molecule has 0 aromatic carbocycles. The summed E-state index contributed by atoms with van der Waals surface area (Å²) in [6.45, 7) is 0.712. The number of rotatable bonds is 3. The minimum absolute atomic E-state index is 0.422. The average molecular weight is 188 g/mol. The maximum Gasteiger partial charge on any atom is 0.101 e. The molecule has 1 N–H and O–H groups in total. The molecule has 1 aliphatic carbocycles. The van der Waals surface area contributed by atoms with E-state index in [0.717, 1.165) is 5.57 Å². The molecule has 0 radical (unpaired) electrons. The number of nitrogens with zero attached hydrogens (tertiary/aromatic N) is 2. The zero-order valence-electron chi connectivity index (χ0n) is 7.80. The predicted octanol–water partition coefficient (Wildman–Crippen LogP) is 2.21. The monoisotopic (exact) mass is 188 g/mol. The highest BCUT2D eigenvalue weighted by atomic mass is 16.3. The summed E-state index contributed by atoms with van der Waals surface area (Å²) in [6.07, 6.45) is 11.9. The van der Waals surface area contributed by atoms with Crippen molar-refractivity contribution >= 4 is 0 Å². The quantitative estimate of drug-likeness (QED) is 0.738. The topological polar surface area (TPSA) is 38.0 Å². The van der Waals surface area contributed by atoms with Crippen molar-refractivity contribution in [2.24, 2.45) is 0 Å². The van der Waals surface area contributed by atoms with Crippen molar-refractivity contribution in [1.29, 1.82) is 0 Å². The van der Waals surface area contributed by atoms with Crippen LogP contribution < -0.4 is 0 Å². The van der Waals surface area contributed by atoms with E-state index in [4.69, 9.17) is 0 Å². The number of aliphatic hydroxyl groups is 1. The van der Waals surface area contributed by atoms with E-state index in [1.54, 1.807) is 10.9 Å². The Morgan fingerprint density at radius 1 is 1.36 bits per heavy atom. The van der Waals surface area contributed by atoms with Gasteiger partial charge in [0.2, 0.25) is 0 Å². The molecule has 0 atom stereocenters. The van der Waals surface area contributed by atoms with Gasteiger partial charge in [0.1, 0.15) is 5.76 Å². The molecule has 1 aromatic heterocycles. The van der Waals surface area contributed by atoms with Crippen LogP contribution in [0, 0.1) is 0 Å². The summed E-state index contributed by atoms with van der Waals surface area (Å²) in [5, 5.41) is 13.7. The van der Waals surface area contributed by atoms with Gasteiger partial charge in [-0.3, -0.25) is 4.68 Å². The maximum atomic E-state index is 9.68. The van der Waals surface area contributed by atoms with Crippen LogP contribution in [0.25, 0.3) is 0 Å². The first-order valence-corrected chi connectivity index (χ1v) is 4.60. The molecule has 0 aliphatic heterocycles. The van der Waals surface area contributed by atoms with E-state index < -0.39 is 0 Å². The lowest BCUT2D eigenvalue weighted by molar-refractivity contribution is 0.370. The molecule has 0 saturated carbocycles. The molecule has 1 aromatic rings. The Kier molecular flexibility index (Phi) is 2.49. The van der Waals surface area contributed by atoms with Crippen LogP contribution in [-0.2, 0) is 6.54 Å². The van der Waals surface area contributed by atoms with Crippen molar-refractivity contribution in [2.75, 3.05) is 0 Å². The van der Waals surface area contributed by atoms with Gasteiger partial charge in [-0.15, -0.1) is 0 Å². The van der Waals surface area contributed by atoms with E-state index in [9.17, 15) is 5.11 Å². The molecule has 1 heterocycles. The summed E-state index contributed by atoms with van der Waals surface area (Å²) in [6, 6.07) is 1.87. The fraction of sp³-hybridized carbons (Fsp3) is 0.182. The number of aryl methyl sites for hydroxylation is 1. The number of aromatic nitrogens is 2. The molecule has 0 saturated heterocycles. The molecule has 0 fully saturated rings. The molecule has 3 nitrogen and oxygen atoms in total. The Labute approximate surface area is 82.7 Å². The Morgan fingerprint density at radius 2 is 2.14 bits per heavy atom. The summed E-state index contributed by atoms with van der Waals surface area (Å²) in [4.78, 5) is 0. The molecule has 14 heavy (non-hydrogen) atoms. The van der Waals surface area contributed by atoms with Crippen molar-refractivity contribution < 1.29 is 5.11 Å². The highest BCUT2D eigenvalue weighted by molar-refractivity contribution is 5.41. The smallest absolute Gasteiger partial charge is 0.101 e. The fourth-order valence-corrected chi connectivity index (χ4v) is 1.36. The summed E-state index contributed by atoms with van der Waals surface area (Å²) < 4.78 is 1.80. The van der Waals surface area contributed by atoms with Gasteiger partial charge in [0.25, 0.3) is 0 Å². The second-order valence-electron chi connectivity index (χ2n) is 3.14. The first-order chi connectivity index (χ1) is 6.86. The SMILES string of the molecule is OC(CCn1cccn1)=C1C=CC=C1. The van der Waals surface area contributed by atoms with Gasteiger partial charge in [-0.1, -0.05) is 24.3 Å². The summed E-state index contributed by atoms with van der Waals surface area (Å²) in [5.74, 6) is 0.422. The van der Waals surface area contributed by atoms with Gasteiger partial charge < -0.3 is 5.11 Å². The number of hydrogen-bond acceptors (Lipinski definition) is 2. The van der Waals surface area contributed by atoms with E-state index in [-0.39, 0.29) is 0 Å². The lowest BCUT2D eigenvalue weighted by Crippen LogP contribution is -2.00. The maximum absolute atomic E-state index is 9.68. The zero-order valence-corrected chi connectivity index (χ0v) is 7.80. The third-order valence-electron chi connectivity index (χ3n) is 2.13. The highest BCUT2D eigenvalue weighted by Gasteiger charge is 2.02. The van der Waals surface area contributed by atoms with Crippen LogP contribution >= 0.6 is 0 Å². The van der Waals surface area contributed by atoms with Crippen molar-refractivity contribution in [3.63, 3.8) is 0 Å². The standard InChI is InChI=1S/C11H12N2O/c14-11(10-4-1-2-5-10)6-9-13-8-3-7-12-13/h1-5,7-8,14H,6,9H2. The minimum atomic E-state index is 0.422. The number of allylic oxidation sites excluding steroid dienone is 6. The second-order valence-corrected chi connectivity index (χ2v) is 3.14. The largest absolute Gasteiger partial charge is 0.512 e. The number of aliphatic hydroxyl groups excluding tert-OH is 1. The second kappa shape index (κ2) is 3.96. The van der Waals surface area contributed by atoms with Gasteiger partial charge in [-0.25, -0.2) is 0 Å². The van der Waals surface area contributed by atoms with Gasteiger partial charge >= 0.3 is 0 Å². The molecule has 1 aliphatic rings. The lowest BCUT2D eigenvalue weighted by Gasteiger charge is -2.02. The van der Waals surface area contributed by atoms with Crippen LogP contribution in [-0.4, -0.2) is 14.9 Å². The molecular formula is C11H12N2O. The van der Waals surface area contributed by atoms with Crippen LogP contribution in [0.2, 0.25) is 0 Å². The molecule has 72 valence electrons. The first-order valence-electron chi connectivity index (χ1n) is 4.60. The van der Waals surface area contributed by atoms with Crippen LogP contribution in [0.4, 0.5) is 0 Å². The van der Waals surface area contributed by atoms with Gasteiger partial charge in [-0.2, -0.15) is 5.10 Å². The van der Waals surface area contributed by atoms with Crippen LogP contribution in [0.5, 0.6) is 0 Å². The lowest BCUT2D eigenvalue weighted by atomic mass is 10.2. The van der Waals surface area contributed by atoms with Crippen LogP contribution in [0.3, 0.4) is 0 Å². The van der Waals surface area contributed by atoms with E-state index in [0.29, 0.717) is 18.7 Å². The van der Waals surface area contributed by atoms with Gasteiger partial charge in [0.05, 0.1) is 0 Å². The first kappa shape index (κ1) is 8.81. The Bertz CT molecular complexity index is 371. The average Bonchev–Trinajstić information content (AvgIpc) is 2.87. The molecular weight excluding hydrogens is 176 g/mol. The highest BCUT2D eigenvalue weighted by Crippen LogP contribution is 2.14. The zero-order chi connectivity index (χ0) is 9.80. The van der Waals surface area contributed by atoms with Gasteiger partial charge in [0, 0.05) is 30.9 Å². The minimum Gasteiger partial charge on any atom is -0.512 e. The van der Waals surface area contributed by atoms with Gasteiger partial charge in [0.15, 0.2) is 0 Å². The Hall–Kier alpha value is -1.77. The molecule has 0 spiro atoms. The fourth-order valence-electron chi connectivity index (χ4n) is 1.36. The molecule has 0 amide bonds. The van der Waals surface area contributed by atoms with E-state index in [1.165, 1.54) is 0 Å². The Balaban J connectivity index is 1.96. The van der Waals surface area contributed by atoms with Crippen LogP contribution in [0.1, 0.15) is 6.42 Å². The van der Waals surface area contributed by atoms with E-state index >= 15 is 0 Å². The van der Waals surface area contributed by atoms with Crippen molar-refractivity contribution in [2.45, 2.75) is 13.0 Å². The van der Waals surface area contributed by atoms with Gasteiger partial charge in [-0.05, 0) is 6.07 Å². The molecule has 0 unspecified atom stereocenters. The number of hydrogen-bond donors (Lipinski definition) is 1. The van der Waals surface area contributed by atoms with Crippen molar-refractivity contribution in [1.82, 2.24) is 9.78 Å². The van der Waals surface area contributed by atoms with E-state index in [1.807, 2.05) is 36.6 Å². The normalized spacial score (nSPS) is 13.9. The van der Waals surface area contributed by atoms with E-state index in [2.05, 4.69) is 5.10 Å². The molecule has 3 heteroatoms. The molecule has 2 rings (SSSR count). The summed E-state index contributed by atoms with van der Waals surface area (Å²) in [5.41, 5.74) is 0.900. The predicted molar refractivity (Wildman–Crippen MR) is 54.8 cm³/mol. The molecule has 0 bridgehead atoms. The van der Waals surface area contributed by atoms with Crippen molar-refractivity contribution in [3.8, 4) is 0 Å². The third-order valence-corrected chi connectivity index (χ3v) is 2.13. The Morgan fingerprint density at radius 3 is 2.79 bits per heavy atom. The van der Waals surface area contributed by atoms with Crippen molar-refractivity contribution in [3.05, 3.63) is 54.1 Å².